The maximum absolute atomic E-state index is 12.3. The second-order valence-corrected chi connectivity index (χ2v) is 5.56. The van der Waals surface area contributed by atoms with Gasteiger partial charge in [0, 0.05) is 12.2 Å². The van der Waals surface area contributed by atoms with Gasteiger partial charge in [-0.3, -0.25) is 0 Å². The van der Waals surface area contributed by atoms with E-state index in [1.54, 1.807) is 6.92 Å². The fourth-order valence-corrected chi connectivity index (χ4v) is 2.37. The predicted octanol–water partition coefficient (Wildman–Crippen LogP) is 2.05. The molecule has 0 heterocycles. The lowest BCUT2D eigenvalue weighted by molar-refractivity contribution is 0.130. The maximum atomic E-state index is 12.3. The van der Waals surface area contributed by atoms with Crippen molar-refractivity contribution >= 4 is 15.7 Å². The van der Waals surface area contributed by atoms with Crippen molar-refractivity contribution in [3.63, 3.8) is 0 Å². The van der Waals surface area contributed by atoms with E-state index in [1.165, 1.54) is 31.2 Å². The van der Waals surface area contributed by atoms with Crippen molar-refractivity contribution < 1.29 is 17.2 Å². The van der Waals surface area contributed by atoms with E-state index in [9.17, 15) is 17.2 Å². The molecule has 0 amide bonds. The Bertz CT molecular complexity index is 474. The third-order valence-electron chi connectivity index (χ3n) is 2.27. The summed E-state index contributed by atoms with van der Waals surface area (Å²) < 4.78 is 50.2. The smallest absolute Gasteiger partial charge is 0.258 e. The molecule has 1 atom stereocenters. The number of hydrogen-bond donors (Lipinski definition) is 2. The van der Waals surface area contributed by atoms with Crippen LogP contribution < -0.4 is 10.0 Å². The van der Waals surface area contributed by atoms with Crippen LogP contribution in [0.2, 0.25) is 0 Å². The van der Waals surface area contributed by atoms with E-state index in [4.69, 9.17) is 0 Å². The number of sulfonamides is 1. The third-order valence-corrected chi connectivity index (χ3v) is 3.83. The van der Waals surface area contributed by atoms with Crippen LogP contribution in [0.25, 0.3) is 0 Å². The molecule has 102 valence electrons. The molecule has 18 heavy (non-hydrogen) atoms. The highest BCUT2D eigenvalue weighted by atomic mass is 32.2. The molecular formula is C11H16F2N2O2S. The molecule has 0 radical (unpaired) electrons. The Morgan fingerprint density at radius 2 is 1.78 bits per heavy atom. The highest BCUT2D eigenvalue weighted by molar-refractivity contribution is 7.89. The monoisotopic (exact) mass is 278 g/mol. The molecule has 0 aliphatic rings. The molecule has 1 rings (SSSR count). The van der Waals surface area contributed by atoms with E-state index in [1.807, 2.05) is 0 Å². The Kier molecular flexibility index (Phi) is 5.03. The van der Waals surface area contributed by atoms with Crippen LogP contribution in [0.4, 0.5) is 14.5 Å². The molecule has 1 unspecified atom stereocenters. The Hall–Kier alpha value is -1.21. The average Bonchev–Trinajstić information content (AvgIpc) is 2.29. The summed E-state index contributed by atoms with van der Waals surface area (Å²) in [6, 6.07) is 4.68. The summed E-state index contributed by atoms with van der Waals surface area (Å²) in [5.74, 6) is 0. The second kappa shape index (κ2) is 6.10. The first kappa shape index (κ1) is 14.8. The first-order valence-electron chi connectivity index (χ1n) is 5.51. The average molecular weight is 278 g/mol. The van der Waals surface area contributed by atoms with Crippen LogP contribution in [0.15, 0.2) is 29.2 Å². The molecule has 7 heteroatoms. The minimum Gasteiger partial charge on any atom is -0.377 e. The van der Waals surface area contributed by atoms with E-state index in [0.29, 0.717) is 12.2 Å². The lowest BCUT2D eigenvalue weighted by Crippen LogP contribution is -2.24. The maximum Gasteiger partial charge on any atom is 0.258 e. The highest BCUT2D eigenvalue weighted by Crippen LogP contribution is 2.16. The van der Waals surface area contributed by atoms with Crippen molar-refractivity contribution in [2.45, 2.75) is 31.2 Å². The van der Waals surface area contributed by atoms with Gasteiger partial charge in [-0.05, 0) is 31.2 Å². The molecule has 0 fully saturated rings. The number of halogens is 2. The molecule has 0 aliphatic carbocycles. The number of hydrogen-bond acceptors (Lipinski definition) is 3. The van der Waals surface area contributed by atoms with Crippen LogP contribution in [-0.2, 0) is 10.0 Å². The van der Waals surface area contributed by atoms with Gasteiger partial charge in [0.25, 0.3) is 6.43 Å². The first-order chi connectivity index (χ1) is 8.36. The van der Waals surface area contributed by atoms with Gasteiger partial charge in [-0.15, -0.1) is 0 Å². The molecule has 0 saturated carbocycles. The van der Waals surface area contributed by atoms with Gasteiger partial charge in [-0.2, -0.15) is 0 Å². The number of anilines is 1. The molecule has 0 spiro atoms. The zero-order valence-electron chi connectivity index (χ0n) is 10.2. The van der Waals surface area contributed by atoms with Crippen molar-refractivity contribution in [3.8, 4) is 0 Å². The molecular weight excluding hydrogens is 262 g/mol. The SMILES string of the molecule is CCNS(=O)(=O)c1ccc(NC(C)C(F)F)cc1. The summed E-state index contributed by atoms with van der Waals surface area (Å²) in [6.45, 7) is 3.33. The molecule has 0 bridgehead atoms. The van der Waals surface area contributed by atoms with Gasteiger partial charge in [-0.1, -0.05) is 6.92 Å². The van der Waals surface area contributed by atoms with Gasteiger partial charge in [0.15, 0.2) is 0 Å². The Balaban J connectivity index is 2.81. The van der Waals surface area contributed by atoms with Crippen molar-refractivity contribution in [1.29, 1.82) is 0 Å². The van der Waals surface area contributed by atoms with Gasteiger partial charge in [0.05, 0.1) is 10.9 Å². The zero-order chi connectivity index (χ0) is 13.8. The summed E-state index contributed by atoms with van der Waals surface area (Å²) in [6.07, 6.45) is -2.48. The zero-order valence-corrected chi connectivity index (χ0v) is 11.0. The Labute approximate surface area is 105 Å². The summed E-state index contributed by atoms with van der Waals surface area (Å²) in [7, 11) is -3.50. The molecule has 1 aromatic carbocycles. The largest absolute Gasteiger partial charge is 0.377 e. The van der Waals surface area contributed by atoms with Crippen molar-refractivity contribution in [3.05, 3.63) is 24.3 Å². The van der Waals surface area contributed by atoms with Crippen molar-refractivity contribution in [1.82, 2.24) is 4.72 Å². The van der Waals surface area contributed by atoms with Gasteiger partial charge in [-0.25, -0.2) is 21.9 Å². The van der Waals surface area contributed by atoms with E-state index in [-0.39, 0.29) is 4.90 Å². The van der Waals surface area contributed by atoms with E-state index >= 15 is 0 Å². The minimum atomic E-state index is -3.50. The summed E-state index contributed by atoms with van der Waals surface area (Å²) >= 11 is 0. The number of alkyl halides is 2. The van der Waals surface area contributed by atoms with Crippen LogP contribution in [-0.4, -0.2) is 27.4 Å². The number of rotatable bonds is 6. The number of benzene rings is 1. The lowest BCUT2D eigenvalue weighted by atomic mass is 10.3. The van der Waals surface area contributed by atoms with Crippen LogP contribution >= 0.6 is 0 Å². The predicted molar refractivity (Wildman–Crippen MR) is 66.4 cm³/mol. The Morgan fingerprint density at radius 1 is 1.22 bits per heavy atom. The van der Waals surface area contributed by atoms with Gasteiger partial charge >= 0.3 is 0 Å². The molecule has 4 nitrogen and oxygen atoms in total. The standard InChI is InChI=1S/C11H16F2N2O2S/c1-3-14-18(16,17)10-6-4-9(5-7-10)15-8(2)11(12)13/h4-8,11,14-15H,3H2,1-2H3. The fraction of sp³-hybridized carbons (Fsp3) is 0.455. The summed E-state index contributed by atoms with van der Waals surface area (Å²) in [5.41, 5.74) is 0.457. The van der Waals surface area contributed by atoms with E-state index in [0.717, 1.165) is 0 Å². The Morgan fingerprint density at radius 3 is 2.22 bits per heavy atom. The minimum absolute atomic E-state index is 0.111. The van der Waals surface area contributed by atoms with Crippen LogP contribution in [0, 0.1) is 0 Å². The third kappa shape index (κ3) is 3.92. The molecule has 2 N–H and O–H groups in total. The van der Waals surface area contributed by atoms with Crippen LogP contribution in [0.5, 0.6) is 0 Å². The van der Waals surface area contributed by atoms with Gasteiger partial charge in [0.1, 0.15) is 0 Å². The summed E-state index contributed by atoms with van der Waals surface area (Å²) in [4.78, 5) is 0.111. The highest BCUT2D eigenvalue weighted by Gasteiger charge is 2.15. The topological polar surface area (TPSA) is 58.2 Å². The van der Waals surface area contributed by atoms with Crippen molar-refractivity contribution in [2.24, 2.45) is 0 Å². The fourth-order valence-electron chi connectivity index (χ4n) is 1.33. The normalized spacial score (nSPS) is 13.6. The quantitative estimate of drug-likeness (QED) is 0.837. The van der Waals surface area contributed by atoms with Crippen molar-refractivity contribution in [2.75, 3.05) is 11.9 Å². The van der Waals surface area contributed by atoms with Gasteiger partial charge in [0.2, 0.25) is 10.0 Å². The van der Waals surface area contributed by atoms with Crippen LogP contribution in [0.1, 0.15) is 13.8 Å². The molecule has 0 aliphatic heterocycles. The van der Waals surface area contributed by atoms with Crippen LogP contribution in [0.3, 0.4) is 0 Å². The van der Waals surface area contributed by atoms with E-state index in [2.05, 4.69) is 10.0 Å². The molecule has 1 aromatic rings. The van der Waals surface area contributed by atoms with E-state index < -0.39 is 22.5 Å². The lowest BCUT2D eigenvalue weighted by Gasteiger charge is -2.14. The molecule has 0 aromatic heterocycles. The number of nitrogens with one attached hydrogen (secondary N) is 2. The first-order valence-corrected chi connectivity index (χ1v) is 6.99. The summed E-state index contributed by atoms with van der Waals surface area (Å²) in [5, 5.41) is 2.59. The second-order valence-electron chi connectivity index (χ2n) is 3.79. The van der Waals surface area contributed by atoms with Gasteiger partial charge < -0.3 is 5.32 Å². The molecule has 0 saturated heterocycles.